The fourth-order valence-electron chi connectivity index (χ4n) is 3.84. The smallest absolute Gasteiger partial charge is 0.226 e. The maximum atomic E-state index is 12.6. The van der Waals surface area contributed by atoms with Crippen molar-refractivity contribution in [1.82, 2.24) is 15.4 Å². The van der Waals surface area contributed by atoms with Crippen LogP contribution in [0.2, 0.25) is 0 Å². The van der Waals surface area contributed by atoms with Gasteiger partial charge in [-0.25, -0.2) is 0 Å². The molecule has 1 aliphatic carbocycles. The monoisotopic (exact) mass is 433 g/mol. The minimum Gasteiger partial charge on any atom is -0.489 e. The normalized spacial score (nSPS) is 16.9. The highest BCUT2D eigenvalue weighted by Gasteiger charge is 2.25. The van der Waals surface area contributed by atoms with Gasteiger partial charge in [0.05, 0.1) is 17.7 Å². The predicted molar refractivity (Wildman–Crippen MR) is 118 cm³/mol. The average Bonchev–Trinajstić information content (AvgIpc) is 3.51. The standard InChI is InChI=1S/C23H31N3O3.ClH/c1-16-22(17(2)29-25-16)15-28-21-7-5-18(6-8-21)13-23(27)26-11-9-20(10-12-26)24-14-19-3-4-19;/h5-8,19-20,24H,3-4,9-15H2,1-2H3;1H. The van der Waals surface area contributed by atoms with Gasteiger partial charge in [-0.15, -0.1) is 12.4 Å². The Labute approximate surface area is 184 Å². The number of ether oxygens (including phenoxy) is 1. The summed E-state index contributed by atoms with van der Waals surface area (Å²) in [5.41, 5.74) is 2.86. The first-order chi connectivity index (χ1) is 14.1. The highest BCUT2D eigenvalue weighted by atomic mass is 35.5. The van der Waals surface area contributed by atoms with E-state index < -0.39 is 0 Å². The van der Waals surface area contributed by atoms with E-state index in [-0.39, 0.29) is 18.3 Å². The van der Waals surface area contributed by atoms with Crippen molar-refractivity contribution in [2.45, 2.75) is 58.6 Å². The number of rotatable bonds is 8. The van der Waals surface area contributed by atoms with Crippen molar-refractivity contribution in [3.8, 4) is 5.75 Å². The number of piperidine rings is 1. The molecule has 2 aromatic rings. The second-order valence-electron chi connectivity index (χ2n) is 8.42. The van der Waals surface area contributed by atoms with E-state index in [1.54, 1.807) is 0 Å². The molecule has 0 unspecified atom stereocenters. The summed E-state index contributed by atoms with van der Waals surface area (Å²) >= 11 is 0. The lowest BCUT2D eigenvalue weighted by molar-refractivity contribution is -0.131. The van der Waals surface area contributed by atoms with Crippen LogP contribution in [0.3, 0.4) is 0 Å². The van der Waals surface area contributed by atoms with Gasteiger partial charge in [-0.3, -0.25) is 4.79 Å². The van der Waals surface area contributed by atoms with E-state index in [9.17, 15) is 4.79 Å². The number of amides is 1. The van der Waals surface area contributed by atoms with Gasteiger partial charge in [-0.05, 0) is 69.7 Å². The molecule has 1 saturated heterocycles. The van der Waals surface area contributed by atoms with Gasteiger partial charge in [0.1, 0.15) is 18.1 Å². The number of benzene rings is 1. The third-order valence-corrected chi connectivity index (χ3v) is 6.08. The van der Waals surface area contributed by atoms with Gasteiger partial charge in [0, 0.05) is 19.1 Å². The fraction of sp³-hybridized carbons (Fsp3) is 0.565. The minimum atomic E-state index is 0. The second kappa shape index (κ2) is 10.3. The van der Waals surface area contributed by atoms with Crippen molar-refractivity contribution in [2.75, 3.05) is 19.6 Å². The van der Waals surface area contributed by atoms with E-state index in [0.717, 1.165) is 66.7 Å². The van der Waals surface area contributed by atoms with Crippen molar-refractivity contribution in [2.24, 2.45) is 5.92 Å². The molecule has 1 aromatic heterocycles. The summed E-state index contributed by atoms with van der Waals surface area (Å²) in [5, 5.41) is 7.61. The average molecular weight is 434 g/mol. The van der Waals surface area contributed by atoms with Crippen LogP contribution in [0, 0.1) is 19.8 Å². The third kappa shape index (κ3) is 5.99. The van der Waals surface area contributed by atoms with E-state index >= 15 is 0 Å². The first-order valence-electron chi connectivity index (χ1n) is 10.7. The van der Waals surface area contributed by atoms with E-state index in [0.29, 0.717) is 19.1 Å². The Bertz CT molecular complexity index is 805. The van der Waals surface area contributed by atoms with Crippen LogP contribution in [-0.4, -0.2) is 41.6 Å². The molecule has 1 N–H and O–H groups in total. The van der Waals surface area contributed by atoms with E-state index in [1.165, 1.54) is 12.8 Å². The number of nitrogens with zero attached hydrogens (tertiary/aromatic N) is 2. The van der Waals surface area contributed by atoms with Crippen molar-refractivity contribution < 1.29 is 14.1 Å². The lowest BCUT2D eigenvalue weighted by atomic mass is 10.0. The predicted octanol–water partition coefficient (Wildman–Crippen LogP) is 3.83. The van der Waals surface area contributed by atoms with Crippen LogP contribution in [0.1, 0.15) is 48.3 Å². The molecule has 7 heteroatoms. The molecule has 1 aromatic carbocycles. The Balaban J connectivity index is 0.00000256. The number of halogens is 1. The van der Waals surface area contributed by atoms with Crippen molar-refractivity contribution >= 4 is 18.3 Å². The fourth-order valence-corrected chi connectivity index (χ4v) is 3.84. The van der Waals surface area contributed by atoms with Crippen molar-refractivity contribution in [3.05, 3.63) is 46.8 Å². The molecule has 0 bridgehead atoms. The van der Waals surface area contributed by atoms with Crippen LogP contribution >= 0.6 is 12.4 Å². The lowest BCUT2D eigenvalue weighted by Gasteiger charge is -2.32. The molecular formula is C23H32ClN3O3. The summed E-state index contributed by atoms with van der Waals surface area (Å²) in [7, 11) is 0. The highest BCUT2D eigenvalue weighted by molar-refractivity contribution is 5.85. The number of carbonyl (C=O) groups is 1. The summed E-state index contributed by atoms with van der Waals surface area (Å²) in [6.45, 7) is 7.11. The van der Waals surface area contributed by atoms with Crippen molar-refractivity contribution in [1.29, 1.82) is 0 Å². The summed E-state index contributed by atoms with van der Waals surface area (Å²) in [5.74, 6) is 2.70. The summed E-state index contributed by atoms with van der Waals surface area (Å²) < 4.78 is 11.0. The first-order valence-corrected chi connectivity index (χ1v) is 10.7. The molecule has 164 valence electrons. The zero-order valence-electron chi connectivity index (χ0n) is 17.9. The molecule has 0 radical (unpaired) electrons. The van der Waals surface area contributed by atoms with Crippen LogP contribution < -0.4 is 10.1 Å². The molecule has 1 saturated carbocycles. The van der Waals surface area contributed by atoms with Gasteiger partial charge in [-0.2, -0.15) is 0 Å². The van der Waals surface area contributed by atoms with Crippen LogP contribution in [0.5, 0.6) is 5.75 Å². The van der Waals surface area contributed by atoms with Crippen LogP contribution in [0.15, 0.2) is 28.8 Å². The minimum absolute atomic E-state index is 0. The maximum Gasteiger partial charge on any atom is 0.226 e. The third-order valence-electron chi connectivity index (χ3n) is 6.08. The van der Waals surface area contributed by atoms with Gasteiger partial charge in [0.25, 0.3) is 0 Å². The molecule has 2 fully saturated rings. The number of nitrogens with one attached hydrogen (secondary N) is 1. The topological polar surface area (TPSA) is 67.6 Å². The summed E-state index contributed by atoms with van der Waals surface area (Å²) in [4.78, 5) is 14.7. The SMILES string of the molecule is Cc1noc(C)c1COc1ccc(CC(=O)N2CCC(NCC3CC3)CC2)cc1.Cl. The lowest BCUT2D eigenvalue weighted by Crippen LogP contribution is -2.45. The van der Waals surface area contributed by atoms with Gasteiger partial charge >= 0.3 is 0 Å². The van der Waals surface area contributed by atoms with Crippen molar-refractivity contribution in [3.63, 3.8) is 0 Å². The molecular weight excluding hydrogens is 402 g/mol. The Morgan fingerprint density at radius 1 is 1.17 bits per heavy atom. The first kappa shape index (κ1) is 22.6. The molecule has 2 aliphatic rings. The molecule has 0 atom stereocenters. The molecule has 6 nitrogen and oxygen atoms in total. The van der Waals surface area contributed by atoms with Crippen LogP contribution in [0.4, 0.5) is 0 Å². The van der Waals surface area contributed by atoms with E-state index in [4.69, 9.17) is 9.26 Å². The van der Waals surface area contributed by atoms with E-state index in [2.05, 4.69) is 10.5 Å². The molecule has 4 rings (SSSR count). The molecule has 0 spiro atoms. The molecule has 30 heavy (non-hydrogen) atoms. The van der Waals surface area contributed by atoms with Gasteiger partial charge < -0.3 is 19.5 Å². The van der Waals surface area contributed by atoms with Gasteiger partial charge in [0.2, 0.25) is 5.91 Å². The number of carbonyl (C=O) groups excluding carboxylic acids is 1. The Hall–Kier alpha value is -2.05. The quantitative estimate of drug-likeness (QED) is 0.685. The van der Waals surface area contributed by atoms with Gasteiger partial charge in [-0.1, -0.05) is 17.3 Å². The summed E-state index contributed by atoms with van der Waals surface area (Å²) in [6.07, 6.45) is 5.34. The molecule has 1 aliphatic heterocycles. The number of aryl methyl sites for hydroxylation is 2. The highest BCUT2D eigenvalue weighted by Crippen LogP contribution is 2.28. The zero-order chi connectivity index (χ0) is 20.2. The zero-order valence-corrected chi connectivity index (χ0v) is 18.7. The largest absolute Gasteiger partial charge is 0.489 e. The maximum absolute atomic E-state index is 12.6. The number of likely N-dealkylation sites (tertiary alicyclic amines) is 1. The van der Waals surface area contributed by atoms with Crippen LogP contribution in [0.25, 0.3) is 0 Å². The number of hydrogen-bond acceptors (Lipinski definition) is 5. The number of hydrogen-bond donors (Lipinski definition) is 1. The Kier molecular flexibility index (Phi) is 7.78. The molecule has 1 amide bonds. The summed E-state index contributed by atoms with van der Waals surface area (Å²) in [6, 6.07) is 8.38. The Morgan fingerprint density at radius 2 is 1.87 bits per heavy atom. The number of aromatic nitrogens is 1. The Morgan fingerprint density at radius 3 is 2.47 bits per heavy atom. The molecule has 2 heterocycles. The van der Waals surface area contributed by atoms with Crippen LogP contribution in [-0.2, 0) is 17.8 Å². The second-order valence-corrected chi connectivity index (χ2v) is 8.42. The van der Waals surface area contributed by atoms with Gasteiger partial charge in [0.15, 0.2) is 0 Å². The van der Waals surface area contributed by atoms with E-state index in [1.807, 2.05) is 43.0 Å².